The van der Waals surface area contributed by atoms with Crippen LogP contribution in [0.15, 0.2) is 0 Å². The maximum Gasteiger partial charge on any atom is 0.0850 e. The molecule has 0 aliphatic heterocycles. The average molecular weight is 268 g/mol. The lowest BCUT2D eigenvalue weighted by Crippen LogP contribution is -2.44. The first-order valence-corrected chi connectivity index (χ1v) is 6.57. The van der Waals surface area contributed by atoms with Crippen LogP contribution in [0.4, 0.5) is 0 Å². The molecule has 0 saturated heterocycles. The highest BCUT2D eigenvalue weighted by molar-refractivity contribution is 6.28. The van der Waals surface area contributed by atoms with E-state index >= 15 is 0 Å². The standard InChI is InChI=1S/C10H17Cl2O2Si/c1-13-9-7(5-8(12)6-11)3-4-10(9,15)14-2/h7-9H,3-6H2,1-2H3. The molecule has 0 heterocycles. The van der Waals surface area contributed by atoms with E-state index < -0.39 is 0 Å². The number of halogens is 2. The zero-order chi connectivity index (χ0) is 11.5. The van der Waals surface area contributed by atoms with Crippen molar-refractivity contribution >= 4 is 33.4 Å². The normalized spacial score (nSPS) is 38.2. The molecule has 4 unspecified atom stereocenters. The van der Waals surface area contributed by atoms with E-state index in [2.05, 4.69) is 10.2 Å². The predicted molar refractivity (Wildman–Crippen MR) is 64.0 cm³/mol. The highest BCUT2D eigenvalue weighted by Gasteiger charge is 2.46. The van der Waals surface area contributed by atoms with Gasteiger partial charge in [-0.05, 0) is 25.2 Å². The summed E-state index contributed by atoms with van der Waals surface area (Å²) in [5, 5.41) is -0.345. The highest BCUT2D eigenvalue weighted by atomic mass is 35.5. The lowest BCUT2D eigenvalue weighted by Gasteiger charge is -2.32. The van der Waals surface area contributed by atoms with Gasteiger partial charge >= 0.3 is 0 Å². The Labute approximate surface area is 105 Å². The van der Waals surface area contributed by atoms with Gasteiger partial charge in [0.25, 0.3) is 0 Å². The van der Waals surface area contributed by atoms with E-state index in [9.17, 15) is 0 Å². The largest absolute Gasteiger partial charge is 0.380 e. The van der Waals surface area contributed by atoms with E-state index in [-0.39, 0.29) is 16.7 Å². The van der Waals surface area contributed by atoms with Crippen LogP contribution in [0.5, 0.6) is 0 Å². The third-order valence-corrected chi connectivity index (χ3v) is 4.72. The maximum atomic E-state index is 6.06. The maximum absolute atomic E-state index is 6.06. The zero-order valence-corrected chi connectivity index (χ0v) is 11.6. The minimum atomic E-state index is -0.359. The Kier molecular flexibility index (Phi) is 5.39. The Morgan fingerprint density at radius 1 is 1.53 bits per heavy atom. The van der Waals surface area contributed by atoms with Crippen molar-refractivity contribution in [3.8, 4) is 0 Å². The Balaban J connectivity index is 2.61. The molecule has 0 bridgehead atoms. The molecule has 0 aromatic heterocycles. The molecule has 87 valence electrons. The summed E-state index contributed by atoms with van der Waals surface area (Å²) in [7, 11) is 7.06. The third-order valence-electron chi connectivity index (χ3n) is 3.12. The van der Waals surface area contributed by atoms with Crippen molar-refractivity contribution in [3.63, 3.8) is 0 Å². The Morgan fingerprint density at radius 2 is 2.20 bits per heavy atom. The van der Waals surface area contributed by atoms with Crippen LogP contribution in [0.25, 0.3) is 0 Å². The summed E-state index contributed by atoms with van der Waals surface area (Å²) in [4.78, 5) is 0. The molecule has 1 aliphatic rings. The summed E-state index contributed by atoms with van der Waals surface area (Å²) in [6.07, 6.45) is 2.91. The van der Waals surface area contributed by atoms with Crippen molar-refractivity contribution in [2.24, 2.45) is 5.92 Å². The number of hydrogen-bond acceptors (Lipinski definition) is 2. The molecule has 0 amide bonds. The molecule has 2 nitrogen and oxygen atoms in total. The van der Waals surface area contributed by atoms with Gasteiger partial charge in [0.05, 0.1) is 21.6 Å². The average Bonchev–Trinajstić information content (AvgIpc) is 2.56. The van der Waals surface area contributed by atoms with Gasteiger partial charge in [-0.3, -0.25) is 0 Å². The molecule has 1 rings (SSSR count). The number of rotatable bonds is 5. The molecule has 3 radical (unpaired) electrons. The smallest absolute Gasteiger partial charge is 0.0850 e. The molecule has 0 spiro atoms. The molecule has 0 aromatic carbocycles. The second-order valence-electron chi connectivity index (χ2n) is 4.04. The van der Waals surface area contributed by atoms with Crippen LogP contribution in [0.2, 0.25) is 0 Å². The number of alkyl halides is 2. The predicted octanol–water partition coefficient (Wildman–Crippen LogP) is 2.16. The minimum absolute atomic E-state index is 0.0141. The number of methoxy groups -OCH3 is 2. The van der Waals surface area contributed by atoms with Crippen LogP contribution < -0.4 is 0 Å². The quantitative estimate of drug-likeness (QED) is 0.562. The molecule has 0 aromatic rings. The van der Waals surface area contributed by atoms with E-state index in [4.69, 9.17) is 32.7 Å². The monoisotopic (exact) mass is 267 g/mol. The second-order valence-corrected chi connectivity index (χ2v) is 5.81. The lowest BCUT2D eigenvalue weighted by atomic mass is 9.99. The van der Waals surface area contributed by atoms with Gasteiger partial charge < -0.3 is 9.47 Å². The molecule has 1 saturated carbocycles. The van der Waals surface area contributed by atoms with E-state index in [0.717, 1.165) is 19.3 Å². The van der Waals surface area contributed by atoms with Crippen LogP contribution in [-0.4, -0.2) is 47.0 Å². The first kappa shape index (κ1) is 13.8. The van der Waals surface area contributed by atoms with Crippen LogP contribution in [0.1, 0.15) is 19.3 Å². The van der Waals surface area contributed by atoms with Gasteiger partial charge in [-0.15, -0.1) is 23.2 Å². The van der Waals surface area contributed by atoms with E-state index in [1.807, 2.05) is 0 Å². The summed E-state index contributed by atoms with van der Waals surface area (Å²) < 4.78 is 11.0. The van der Waals surface area contributed by atoms with Crippen LogP contribution in [0, 0.1) is 5.92 Å². The van der Waals surface area contributed by atoms with Crippen LogP contribution >= 0.6 is 23.2 Å². The minimum Gasteiger partial charge on any atom is -0.380 e. The zero-order valence-electron chi connectivity index (χ0n) is 9.13. The lowest BCUT2D eigenvalue weighted by molar-refractivity contribution is -0.0615. The van der Waals surface area contributed by atoms with Crippen molar-refractivity contribution in [2.45, 2.75) is 36.0 Å². The number of ether oxygens (including phenoxy) is 2. The third kappa shape index (κ3) is 3.10. The molecular weight excluding hydrogens is 251 g/mol. The summed E-state index contributed by atoms with van der Waals surface area (Å²) in [6.45, 7) is 0. The van der Waals surface area contributed by atoms with Gasteiger partial charge in [-0.2, -0.15) is 0 Å². The molecule has 0 N–H and O–H groups in total. The molecule has 1 fully saturated rings. The van der Waals surface area contributed by atoms with Gasteiger partial charge in [0.15, 0.2) is 0 Å². The van der Waals surface area contributed by atoms with Gasteiger partial charge in [0, 0.05) is 25.5 Å². The summed E-state index contributed by atoms with van der Waals surface area (Å²) >= 11 is 11.8. The Bertz CT molecular complexity index is 206. The fraction of sp³-hybridized carbons (Fsp3) is 1.00. The van der Waals surface area contributed by atoms with Crippen LogP contribution in [0.3, 0.4) is 0 Å². The van der Waals surface area contributed by atoms with E-state index in [1.54, 1.807) is 14.2 Å². The van der Waals surface area contributed by atoms with Gasteiger partial charge in [0.1, 0.15) is 0 Å². The second kappa shape index (κ2) is 5.87. The van der Waals surface area contributed by atoms with Gasteiger partial charge in [-0.25, -0.2) is 0 Å². The van der Waals surface area contributed by atoms with Crippen molar-refractivity contribution in [1.82, 2.24) is 0 Å². The van der Waals surface area contributed by atoms with Gasteiger partial charge in [-0.1, -0.05) is 0 Å². The first-order chi connectivity index (χ1) is 7.07. The summed E-state index contributed by atoms with van der Waals surface area (Å²) in [5.41, 5.74) is 0. The molecule has 1 aliphatic carbocycles. The SMILES string of the molecule is COC1C(CC(Cl)CCl)CCC1([Si])OC. The molecule has 4 atom stereocenters. The van der Waals surface area contributed by atoms with E-state index in [0.29, 0.717) is 11.8 Å². The van der Waals surface area contributed by atoms with Crippen molar-refractivity contribution in [2.75, 3.05) is 20.1 Å². The number of hydrogen-bond donors (Lipinski definition) is 0. The highest BCUT2D eigenvalue weighted by Crippen LogP contribution is 2.40. The van der Waals surface area contributed by atoms with Crippen molar-refractivity contribution in [3.05, 3.63) is 0 Å². The first-order valence-electron chi connectivity index (χ1n) is 5.10. The van der Waals surface area contributed by atoms with Crippen molar-refractivity contribution < 1.29 is 9.47 Å². The molecule has 5 heteroatoms. The Hall–Kier alpha value is 0.717. The fourth-order valence-electron chi connectivity index (χ4n) is 2.31. The Morgan fingerprint density at radius 3 is 2.67 bits per heavy atom. The fourth-order valence-corrected chi connectivity index (χ4v) is 3.16. The van der Waals surface area contributed by atoms with Crippen molar-refractivity contribution in [1.29, 1.82) is 0 Å². The van der Waals surface area contributed by atoms with E-state index in [1.165, 1.54) is 0 Å². The summed E-state index contributed by atoms with van der Waals surface area (Å²) in [6, 6.07) is 0. The summed E-state index contributed by atoms with van der Waals surface area (Å²) in [5.74, 6) is 0.893. The molecule has 15 heavy (non-hydrogen) atoms. The van der Waals surface area contributed by atoms with Gasteiger partial charge in [0.2, 0.25) is 0 Å². The topological polar surface area (TPSA) is 18.5 Å². The van der Waals surface area contributed by atoms with Crippen LogP contribution in [-0.2, 0) is 9.47 Å². The molecular formula is C10H17Cl2O2Si.